The predicted octanol–water partition coefficient (Wildman–Crippen LogP) is 1.34. The minimum Gasteiger partial charge on any atom is -0.484 e. The van der Waals surface area contributed by atoms with E-state index in [0.29, 0.717) is 11.4 Å². The normalized spacial score (nSPS) is 10.3. The summed E-state index contributed by atoms with van der Waals surface area (Å²) in [4.78, 5) is 23.5. The van der Waals surface area contributed by atoms with Gasteiger partial charge in [0.1, 0.15) is 5.75 Å². The number of likely N-dealkylation sites (N-methyl/N-ethyl adjacent to an activating group) is 1. The molecule has 7 nitrogen and oxygen atoms in total. The Morgan fingerprint density at radius 3 is 2.62 bits per heavy atom. The van der Waals surface area contributed by atoms with Crippen molar-refractivity contribution in [1.82, 2.24) is 15.1 Å². The highest BCUT2D eigenvalue weighted by molar-refractivity contribution is 5.92. The van der Waals surface area contributed by atoms with Crippen molar-refractivity contribution in [2.75, 3.05) is 19.0 Å². The highest BCUT2D eigenvalue weighted by Gasteiger charge is 2.13. The van der Waals surface area contributed by atoms with Crippen molar-refractivity contribution in [3.63, 3.8) is 0 Å². The van der Waals surface area contributed by atoms with Gasteiger partial charge < -0.3 is 15.4 Å². The molecule has 1 aromatic carbocycles. The molecule has 2 aromatic rings. The molecule has 0 spiro atoms. The maximum absolute atomic E-state index is 12.3. The Kier molecular flexibility index (Phi) is 5.57. The number of carbonyl (C=O) groups excluding carboxylic acids is 2. The zero-order chi connectivity index (χ0) is 17.7. The van der Waals surface area contributed by atoms with Gasteiger partial charge in [-0.2, -0.15) is 5.10 Å². The van der Waals surface area contributed by atoms with Crippen molar-refractivity contribution in [3.05, 3.63) is 41.2 Å². The summed E-state index contributed by atoms with van der Waals surface area (Å²) in [7, 11) is 3.40. The average molecular weight is 330 g/mol. The lowest BCUT2D eigenvalue weighted by molar-refractivity contribution is -0.122. The van der Waals surface area contributed by atoms with Crippen LogP contribution in [0.1, 0.15) is 17.0 Å². The molecule has 1 heterocycles. The first-order valence-corrected chi connectivity index (χ1v) is 7.63. The number of amides is 2. The molecule has 0 bridgehead atoms. The van der Waals surface area contributed by atoms with Crippen LogP contribution < -0.4 is 15.4 Å². The maximum Gasteiger partial charge on any atom is 0.257 e. The van der Waals surface area contributed by atoms with E-state index in [1.165, 1.54) is 0 Å². The van der Waals surface area contributed by atoms with E-state index in [2.05, 4.69) is 15.7 Å². The minimum atomic E-state index is -0.216. The van der Waals surface area contributed by atoms with E-state index in [0.717, 1.165) is 17.0 Å². The Morgan fingerprint density at radius 1 is 1.25 bits per heavy atom. The van der Waals surface area contributed by atoms with Crippen LogP contribution in [0, 0.1) is 13.8 Å². The molecule has 2 N–H and O–H groups in total. The van der Waals surface area contributed by atoms with Crippen LogP contribution >= 0.6 is 0 Å². The number of hydrogen-bond donors (Lipinski definition) is 2. The van der Waals surface area contributed by atoms with Gasteiger partial charge in [0.15, 0.2) is 6.61 Å². The summed E-state index contributed by atoms with van der Waals surface area (Å²) in [5, 5.41) is 9.63. The smallest absolute Gasteiger partial charge is 0.257 e. The fraction of sp³-hybridized carbons (Fsp3) is 0.353. The molecule has 2 amide bonds. The summed E-state index contributed by atoms with van der Waals surface area (Å²) in [5.74, 6) is 0.176. The Bertz CT molecular complexity index is 752. The summed E-state index contributed by atoms with van der Waals surface area (Å²) in [5.41, 5.74) is 3.38. The van der Waals surface area contributed by atoms with Crippen LogP contribution in [-0.4, -0.2) is 35.2 Å². The van der Waals surface area contributed by atoms with Gasteiger partial charge in [-0.05, 0) is 26.0 Å². The lowest BCUT2D eigenvalue weighted by Crippen LogP contribution is -2.24. The quantitative estimate of drug-likeness (QED) is 0.837. The van der Waals surface area contributed by atoms with Crippen LogP contribution in [0.25, 0.3) is 0 Å². The number of anilines is 1. The van der Waals surface area contributed by atoms with Crippen molar-refractivity contribution in [2.45, 2.75) is 20.3 Å². The van der Waals surface area contributed by atoms with E-state index in [-0.39, 0.29) is 24.8 Å². The Balaban J connectivity index is 2.00. The van der Waals surface area contributed by atoms with E-state index in [1.54, 1.807) is 36.0 Å². The summed E-state index contributed by atoms with van der Waals surface area (Å²) in [6.45, 7) is 3.76. The second-order valence-corrected chi connectivity index (χ2v) is 5.49. The zero-order valence-corrected chi connectivity index (χ0v) is 14.3. The first-order valence-electron chi connectivity index (χ1n) is 7.63. The van der Waals surface area contributed by atoms with Gasteiger partial charge in [0.2, 0.25) is 5.91 Å². The van der Waals surface area contributed by atoms with Crippen molar-refractivity contribution >= 4 is 17.5 Å². The maximum atomic E-state index is 12.3. The third-order valence-corrected chi connectivity index (χ3v) is 3.76. The first kappa shape index (κ1) is 17.5. The monoisotopic (exact) mass is 330 g/mol. The van der Waals surface area contributed by atoms with Crippen LogP contribution in [0.5, 0.6) is 5.75 Å². The third kappa shape index (κ3) is 4.34. The van der Waals surface area contributed by atoms with Crippen LogP contribution in [0.4, 0.5) is 5.69 Å². The molecule has 0 saturated heterocycles. The van der Waals surface area contributed by atoms with Crippen molar-refractivity contribution < 1.29 is 14.3 Å². The standard InChI is InChI=1S/C17H22N4O3/c1-11-15(12(2)21(4)20-11)9-16(22)19-13-6-5-7-14(8-13)24-10-17(23)18-3/h5-8H,9-10H2,1-4H3,(H,18,23)(H,19,22). The highest BCUT2D eigenvalue weighted by Crippen LogP contribution is 2.18. The van der Waals surface area contributed by atoms with Gasteiger partial charge in [-0.1, -0.05) is 6.07 Å². The van der Waals surface area contributed by atoms with Crippen LogP contribution in [0.2, 0.25) is 0 Å². The van der Waals surface area contributed by atoms with Gasteiger partial charge in [0.25, 0.3) is 5.91 Å². The summed E-state index contributed by atoms with van der Waals surface area (Å²) in [6.07, 6.45) is 0.259. The molecule has 7 heteroatoms. The summed E-state index contributed by atoms with van der Waals surface area (Å²) in [6, 6.07) is 6.95. The fourth-order valence-corrected chi connectivity index (χ4v) is 2.32. The molecular weight excluding hydrogens is 308 g/mol. The minimum absolute atomic E-state index is 0.0675. The number of aryl methyl sites for hydroxylation is 2. The van der Waals surface area contributed by atoms with E-state index < -0.39 is 0 Å². The Labute approximate surface area is 141 Å². The SMILES string of the molecule is CNC(=O)COc1cccc(NC(=O)Cc2c(C)nn(C)c2C)c1. The molecule has 0 aliphatic carbocycles. The molecule has 0 unspecified atom stereocenters. The molecule has 0 atom stereocenters. The fourth-order valence-electron chi connectivity index (χ4n) is 2.32. The van der Waals surface area contributed by atoms with Crippen molar-refractivity contribution in [2.24, 2.45) is 7.05 Å². The Morgan fingerprint density at radius 2 is 2.00 bits per heavy atom. The average Bonchev–Trinajstić information content (AvgIpc) is 2.79. The lowest BCUT2D eigenvalue weighted by Gasteiger charge is -2.09. The highest BCUT2D eigenvalue weighted by atomic mass is 16.5. The molecule has 128 valence electrons. The zero-order valence-electron chi connectivity index (χ0n) is 14.3. The number of aromatic nitrogens is 2. The van der Waals surface area contributed by atoms with Gasteiger partial charge in [0, 0.05) is 37.1 Å². The van der Waals surface area contributed by atoms with E-state index in [4.69, 9.17) is 4.74 Å². The number of hydrogen-bond acceptors (Lipinski definition) is 4. The van der Waals surface area contributed by atoms with E-state index in [9.17, 15) is 9.59 Å². The van der Waals surface area contributed by atoms with E-state index in [1.807, 2.05) is 20.9 Å². The van der Waals surface area contributed by atoms with Gasteiger partial charge >= 0.3 is 0 Å². The Hall–Kier alpha value is -2.83. The van der Waals surface area contributed by atoms with Gasteiger partial charge in [-0.25, -0.2) is 0 Å². The van der Waals surface area contributed by atoms with Crippen LogP contribution in [0.3, 0.4) is 0 Å². The third-order valence-electron chi connectivity index (χ3n) is 3.76. The topological polar surface area (TPSA) is 85.2 Å². The summed E-state index contributed by atoms with van der Waals surface area (Å²) < 4.78 is 7.13. The van der Waals surface area contributed by atoms with Crippen LogP contribution in [0.15, 0.2) is 24.3 Å². The first-order chi connectivity index (χ1) is 11.4. The number of benzene rings is 1. The lowest BCUT2D eigenvalue weighted by atomic mass is 10.1. The molecule has 2 rings (SSSR count). The molecular formula is C17H22N4O3. The van der Waals surface area contributed by atoms with E-state index >= 15 is 0 Å². The van der Waals surface area contributed by atoms with Crippen molar-refractivity contribution in [1.29, 1.82) is 0 Å². The molecule has 0 saturated carbocycles. The molecule has 1 aromatic heterocycles. The molecule has 0 aliphatic heterocycles. The molecule has 24 heavy (non-hydrogen) atoms. The number of ether oxygens (including phenoxy) is 1. The van der Waals surface area contributed by atoms with Gasteiger partial charge in [0.05, 0.1) is 12.1 Å². The molecule has 0 aliphatic rings. The number of nitrogens with zero attached hydrogens (tertiary/aromatic N) is 2. The predicted molar refractivity (Wildman–Crippen MR) is 91.0 cm³/mol. The number of nitrogens with one attached hydrogen (secondary N) is 2. The largest absolute Gasteiger partial charge is 0.484 e. The number of carbonyl (C=O) groups is 2. The molecule has 0 fully saturated rings. The van der Waals surface area contributed by atoms with Gasteiger partial charge in [-0.15, -0.1) is 0 Å². The van der Waals surface area contributed by atoms with Gasteiger partial charge in [-0.3, -0.25) is 14.3 Å². The second kappa shape index (κ2) is 7.63. The second-order valence-electron chi connectivity index (χ2n) is 5.49. The number of rotatable bonds is 6. The molecule has 0 radical (unpaired) electrons. The van der Waals surface area contributed by atoms with Crippen molar-refractivity contribution in [3.8, 4) is 5.75 Å². The summed E-state index contributed by atoms with van der Waals surface area (Å²) >= 11 is 0. The van der Waals surface area contributed by atoms with Crippen LogP contribution in [-0.2, 0) is 23.1 Å².